The zero-order valence-corrected chi connectivity index (χ0v) is 14.4. The number of ether oxygens (including phenoxy) is 1. The normalized spacial score (nSPS) is 10.8. The van der Waals surface area contributed by atoms with Gasteiger partial charge in [-0.1, -0.05) is 0 Å². The van der Waals surface area contributed by atoms with Gasteiger partial charge in [-0.25, -0.2) is 0 Å². The van der Waals surface area contributed by atoms with E-state index in [1.807, 2.05) is 43.5 Å². The maximum absolute atomic E-state index is 12.2. The van der Waals surface area contributed by atoms with E-state index in [0.717, 1.165) is 46.6 Å². The highest BCUT2D eigenvalue weighted by Gasteiger charge is 2.04. The molecule has 0 bridgehead atoms. The molecule has 0 aliphatic carbocycles. The van der Waals surface area contributed by atoms with Crippen molar-refractivity contribution in [2.24, 2.45) is 0 Å². The first-order chi connectivity index (χ1) is 12.2. The summed E-state index contributed by atoms with van der Waals surface area (Å²) in [4.78, 5) is 19.2. The van der Waals surface area contributed by atoms with Gasteiger partial charge in [0.05, 0.1) is 12.6 Å². The van der Waals surface area contributed by atoms with Crippen molar-refractivity contribution >= 4 is 16.6 Å². The van der Waals surface area contributed by atoms with Crippen LogP contribution in [0.15, 0.2) is 47.5 Å². The Kier molecular flexibility index (Phi) is 5.30. The van der Waals surface area contributed by atoms with Gasteiger partial charge in [0.2, 0.25) is 0 Å². The first-order valence-electron chi connectivity index (χ1n) is 8.22. The number of fused-ring (bicyclic) bond motifs is 1. The molecule has 0 aliphatic heterocycles. The van der Waals surface area contributed by atoms with Crippen LogP contribution >= 0.6 is 0 Å². The molecule has 6 nitrogen and oxygen atoms in total. The van der Waals surface area contributed by atoms with Crippen LogP contribution in [0.4, 0.5) is 5.69 Å². The number of pyridine rings is 2. The molecule has 0 radical (unpaired) electrons. The van der Waals surface area contributed by atoms with E-state index in [9.17, 15) is 4.79 Å². The predicted octanol–water partition coefficient (Wildman–Crippen LogP) is 2.44. The third kappa shape index (κ3) is 4.16. The maximum atomic E-state index is 12.2. The monoisotopic (exact) mass is 338 g/mol. The Hall–Kier alpha value is -2.86. The first kappa shape index (κ1) is 17.0. The van der Waals surface area contributed by atoms with E-state index in [2.05, 4.69) is 20.6 Å². The van der Waals surface area contributed by atoms with Crippen LogP contribution in [-0.2, 0) is 6.54 Å². The summed E-state index contributed by atoms with van der Waals surface area (Å²) in [7, 11) is 1.61. The SMILES string of the molecule is COc1ccc2cc(CNCCNc3ccncc3C)c(=O)[nH]c2c1. The van der Waals surface area contributed by atoms with Crippen LogP contribution in [0.25, 0.3) is 10.9 Å². The number of H-pyrrole nitrogens is 1. The molecule has 2 heterocycles. The Balaban J connectivity index is 1.57. The van der Waals surface area contributed by atoms with Crippen molar-refractivity contribution in [3.63, 3.8) is 0 Å². The average Bonchev–Trinajstić information content (AvgIpc) is 2.62. The minimum atomic E-state index is -0.0776. The van der Waals surface area contributed by atoms with Crippen molar-refractivity contribution in [3.8, 4) is 5.75 Å². The van der Waals surface area contributed by atoms with Crippen molar-refractivity contribution in [2.75, 3.05) is 25.5 Å². The standard InChI is InChI=1S/C19H22N4O2/c1-13-11-20-6-5-17(13)22-8-7-21-12-15-9-14-3-4-16(25-2)10-18(14)23-19(15)24/h3-6,9-11,21H,7-8,12H2,1-2H3,(H,20,22)(H,23,24). The van der Waals surface area contributed by atoms with Crippen LogP contribution in [0.3, 0.4) is 0 Å². The molecule has 0 spiro atoms. The van der Waals surface area contributed by atoms with Crippen LogP contribution in [-0.4, -0.2) is 30.2 Å². The van der Waals surface area contributed by atoms with Crippen molar-refractivity contribution < 1.29 is 4.74 Å². The van der Waals surface area contributed by atoms with Gasteiger partial charge in [0.25, 0.3) is 5.56 Å². The summed E-state index contributed by atoms with van der Waals surface area (Å²) >= 11 is 0. The number of methoxy groups -OCH3 is 1. The lowest BCUT2D eigenvalue weighted by molar-refractivity contribution is 0.415. The lowest BCUT2D eigenvalue weighted by Crippen LogP contribution is -2.25. The molecule has 1 aromatic carbocycles. The second-order valence-electron chi connectivity index (χ2n) is 5.87. The Labute approximate surface area is 146 Å². The number of hydrogen-bond acceptors (Lipinski definition) is 5. The van der Waals surface area contributed by atoms with E-state index in [-0.39, 0.29) is 5.56 Å². The van der Waals surface area contributed by atoms with Crippen molar-refractivity contribution in [2.45, 2.75) is 13.5 Å². The summed E-state index contributed by atoms with van der Waals surface area (Å²) in [6, 6.07) is 9.54. The van der Waals surface area contributed by atoms with Crippen LogP contribution < -0.4 is 20.9 Å². The van der Waals surface area contributed by atoms with Gasteiger partial charge in [0.1, 0.15) is 5.75 Å². The minimum Gasteiger partial charge on any atom is -0.497 e. The van der Waals surface area contributed by atoms with Gasteiger partial charge in [-0.3, -0.25) is 9.78 Å². The van der Waals surface area contributed by atoms with Gasteiger partial charge in [-0.15, -0.1) is 0 Å². The number of aryl methyl sites for hydroxylation is 1. The number of rotatable bonds is 7. The second kappa shape index (κ2) is 7.81. The van der Waals surface area contributed by atoms with Crippen molar-refractivity contribution in [1.82, 2.24) is 15.3 Å². The summed E-state index contributed by atoms with van der Waals surface area (Å²) in [6.45, 7) is 4.07. The third-order valence-corrected chi connectivity index (χ3v) is 4.08. The van der Waals surface area contributed by atoms with Gasteiger partial charge in [-0.2, -0.15) is 0 Å². The molecule has 130 valence electrons. The van der Waals surface area contributed by atoms with Gasteiger partial charge >= 0.3 is 0 Å². The lowest BCUT2D eigenvalue weighted by Gasteiger charge is -2.10. The number of nitrogens with one attached hydrogen (secondary N) is 3. The fourth-order valence-electron chi connectivity index (χ4n) is 2.66. The molecule has 0 aliphatic rings. The predicted molar refractivity (Wildman–Crippen MR) is 100 cm³/mol. The Morgan fingerprint density at radius 2 is 2.08 bits per heavy atom. The number of hydrogen-bond donors (Lipinski definition) is 3. The molecule has 3 aromatic rings. The zero-order valence-electron chi connectivity index (χ0n) is 14.4. The zero-order chi connectivity index (χ0) is 17.6. The van der Waals surface area contributed by atoms with Crippen LogP contribution in [0.2, 0.25) is 0 Å². The summed E-state index contributed by atoms with van der Waals surface area (Å²) in [6.07, 6.45) is 3.60. The Bertz CT molecular complexity index is 921. The van der Waals surface area contributed by atoms with E-state index in [1.165, 1.54) is 0 Å². The number of aromatic nitrogens is 2. The lowest BCUT2D eigenvalue weighted by atomic mass is 10.1. The highest BCUT2D eigenvalue weighted by atomic mass is 16.5. The minimum absolute atomic E-state index is 0.0776. The summed E-state index contributed by atoms with van der Waals surface area (Å²) in [5.41, 5.74) is 3.62. The molecule has 0 amide bonds. The van der Waals surface area contributed by atoms with Gasteiger partial charge in [-0.05, 0) is 42.1 Å². The highest BCUT2D eigenvalue weighted by Crippen LogP contribution is 2.18. The van der Waals surface area contributed by atoms with E-state index in [4.69, 9.17) is 4.74 Å². The Morgan fingerprint density at radius 1 is 1.20 bits per heavy atom. The van der Waals surface area contributed by atoms with Crippen LogP contribution in [0, 0.1) is 6.92 Å². The molecule has 0 saturated heterocycles. The highest BCUT2D eigenvalue weighted by molar-refractivity contribution is 5.80. The Morgan fingerprint density at radius 3 is 2.88 bits per heavy atom. The molecule has 0 atom stereocenters. The van der Waals surface area contributed by atoms with Crippen LogP contribution in [0.5, 0.6) is 5.75 Å². The molecule has 3 N–H and O–H groups in total. The topological polar surface area (TPSA) is 79.0 Å². The maximum Gasteiger partial charge on any atom is 0.252 e. The smallest absolute Gasteiger partial charge is 0.252 e. The summed E-state index contributed by atoms with van der Waals surface area (Å²) in [5.74, 6) is 0.728. The third-order valence-electron chi connectivity index (χ3n) is 4.08. The number of aromatic amines is 1. The summed E-state index contributed by atoms with van der Waals surface area (Å²) < 4.78 is 5.18. The molecule has 0 saturated carbocycles. The fourth-order valence-corrected chi connectivity index (χ4v) is 2.66. The molecular formula is C19H22N4O2. The van der Waals surface area contributed by atoms with E-state index >= 15 is 0 Å². The summed E-state index contributed by atoms with van der Waals surface area (Å²) in [5, 5.41) is 7.64. The number of benzene rings is 1. The van der Waals surface area contributed by atoms with Gasteiger partial charge in [0.15, 0.2) is 0 Å². The van der Waals surface area contributed by atoms with Crippen molar-refractivity contribution in [1.29, 1.82) is 0 Å². The van der Waals surface area contributed by atoms with E-state index < -0.39 is 0 Å². The number of nitrogens with zero attached hydrogens (tertiary/aromatic N) is 1. The molecule has 6 heteroatoms. The fraction of sp³-hybridized carbons (Fsp3) is 0.263. The van der Waals surface area contributed by atoms with Gasteiger partial charge < -0.3 is 20.4 Å². The largest absolute Gasteiger partial charge is 0.497 e. The first-order valence-corrected chi connectivity index (χ1v) is 8.22. The molecule has 3 rings (SSSR count). The van der Waals surface area contributed by atoms with Crippen LogP contribution in [0.1, 0.15) is 11.1 Å². The molecule has 0 fully saturated rings. The van der Waals surface area contributed by atoms with E-state index in [0.29, 0.717) is 6.54 Å². The number of anilines is 1. The quantitative estimate of drug-likeness (QED) is 0.577. The van der Waals surface area contributed by atoms with Crippen molar-refractivity contribution in [3.05, 3.63) is 64.2 Å². The molecule has 0 unspecified atom stereocenters. The average molecular weight is 338 g/mol. The van der Waals surface area contributed by atoms with Gasteiger partial charge in [0, 0.05) is 49.3 Å². The van der Waals surface area contributed by atoms with E-state index in [1.54, 1.807) is 13.3 Å². The molecule has 25 heavy (non-hydrogen) atoms. The molecule has 2 aromatic heterocycles. The second-order valence-corrected chi connectivity index (χ2v) is 5.87. The molecular weight excluding hydrogens is 316 g/mol.